The fraction of sp³-hybridized carbons (Fsp3) is 0.938. The maximum Gasteiger partial charge on any atom is 0.303 e. The van der Waals surface area contributed by atoms with Crippen LogP contribution in [0.3, 0.4) is 0 Å². The lowest BCUT2D eigenvalue weighted by Gasteiger charge is -2.02. The van der Waals surface area contributed by atoms with Crippen LogP contribution in [-0.4, -0.2) is 11.1 Å². The van der Waals surface area contributed by atoms with Crippen molar-refractivity contribution in [2.24, 2.45) is 0 Å². The number of hydrogen-bond donors (Lipinski definition) is 1. The molecule has 0 aliphatic rings. The largest absolute Gasteiger partial charge is 0.481 e. The Hall–Kier alpha value is -0.530. The molecule has 0 saturated carbocycles. The first-order valence-corrected chi connectivity index (χ1v) is 7.99. The summed E-state index contributed by atoms with van der Waals surface area (Å²) in [6.07, 6.45) is 17.3. The molecule has 0 fully saturated rings. The summed E-state index contributed by atoms with van der Waals surface area (Å²) in [6.45, 7) is 2.26. The lowest BCUT2D eigenvalue weighted by molar-refractivity contribution is -0.137. The highest BCUT2D eigenvalue weighted by atomic mass is 16.4. The summed E-state index contributed by atoms with van der Waals surface area (Å²) in [7, 11) is 0. The minimum absolute atomic E-state index is 0.345. The second-order valence-corrected chi connectivity index (χ2v) is 5.39. The average molecular weight is 257 g/mol. The van der Waals surface area contributed by atoms with Gasteiger partial charge in [0, 0.05) is 6.42 Å². The Morgan fingerprint density at radius 1 is 0.667 bits per heavy atom. The van der Waals surface area contributed by atoms with Gasteiger partial charge in [0.05, 0.1) is 0 Å². The minimum Gasteiger partial charge on any atom is -0.481 e. The highest BCUT2D eigenvalue weighted by Gasteiger charge is 1.96. The third kappa shape index (κ3) is 15.5. The van der Waals surface area contributed by atoms with Crippen molar-refractivity contribution in [3.8, 4) is 0 Å². The number of aliphatic carboxylic acids is 1. The molecule has 2 nitrogen and oxygen atoms in total. The van der Waals surface area contributed by atoms with Gasteiger partial charge in [-0.3, -0.25) is 4.79 Å². The van der Waals surface area contributed by atoms with E-state index in [-0.39, 0.29) is 0 Å². The Balaban J connectivity index is 2.92. The quantitative estimate of drug-likeness (QED) is 0.327. The third-order valence-corrected chi connectivity index (χ3v) is 3.49. The van der Waals surface area contributed by atoms with Crippen molar-refractivity contribution in [3.63, 3.8) is 0 Å². The molecule has 0 radical (unpaired) electrons. The van der Waals surface area contributed by atoms with Gasteiger partial charge in [-0.2, -0.15) is 0 Å². The van der Waals surface area contributed by atoms with E-state index in [0.717, 1.165) is 12.8 Å². The Bertz CT molecular complexity index is 178. The summed E-state index contributed by atoms with van der Waals surface area (Å²) < 4.78 is 0. The normalized spacial score (nSPS) is 10.7. The average Bonchev–Trinajstić information content (AvgIpc) is 2.34. The van der Waals surface area contributed by atoms with E-state index in [9.17, 15) is 4.79 Å². The number of unbranched alkanes of at least 4 members (excludes halogenated alkanes) is 12. The first kappa shape index (κ1) is 17.5. The van der Waals surface area contributed by atoms with Crippen molar-refractivity contribution in [1.82, 2.24) is 0 Å². The second-order valence-electron chi connectivity index (χ2n) is 5.39. The molecule has 18 heavy (non-hydrogen) atoms. The Morgan fingerprint density at radius 3 is 1.33 bits per heavy atom. The van der Waals surface area contributed by atoms with E-state index in [1.54, 1.807) is 0 Å². The van der Waals surface area contributed by atoms with Gasteiger partial charge < -0.3 is 5.11 Å². The topological polar surface area (TPSA) is 37.3 Å². The molecule has 0 saturated heterocycles. The van der Waals surface area contributed by atoms with E-state index in [2.05, 4.69) is 6.92 Å². The molecule has 0 rings (SSSR count). The first-order valence-electron chi connectivity index (χ1n) is 7.99. The van der Waals surface area contributed by atoms with E-state index < -0.39 is 5.97 Å². The summed E-state index contributed by atoms with van der Waals surface area (Å²) in [5.74, 6) is -0.655. The smallest absolute Gasteiger partial charge is 0.303 e. The van der Waals surface area contributed by atoms with Gasteiger partial charge in [-0.25, -0.2) is 0 Å². The number of carboxylic acids is 1. The SMILES string of the molecule is CCCCCCCC[13CH2]CCCCCCC(=O)O. The zero-order valence-corrected chi connectivity index (χ0v) is 12.3. The van der Waals surface area contributed by atoms with Crippen LogP contribution in [-0.2, 0) is 4.79 Å². The molecule has 0 amide bonds. The van der Waals surface area contributed by atoms with Crippen molar-refractivity contribution >= 4 is 5.97 Å². The second kappa shape index (κ2) is 14.5. The van der Waals surface area contributed by atoms with E-state index in [0.29, 0.717) is 6.42 Å². The lowest BCUT2D eigenvalue weighted by atomic mass is 10.1. The number of rotatable bonds is 14. The molecule has 0 aliphatic heterocycles. The van der Waals surface area contributed by atoms with Crippen molar-refractivity contribution in [3.05, 3.63) is 0 Å². The van der Waals surface area contributed by atoms with Crippen LogP contribution in [0.1, 0.15) is 96.8 Å². The number of carboxylic acid groups (broad SMARTS) is 1. The van der Waals surface area contributed by atoms with E-state index in [1.807, 2.05) is 0 Å². The van der Waals surface area contributed by atoms with Gasteiger partial charge >= 0.3 is 5.97 Å². The standard InChI is InChI=1S/C16H32O2/c1-2-3-4-5-6-7-8-9-10-11-12-13-14-15-16(17)18/h2-15H2,1H3,(H,17,18)/i9+1. The van der Waals surface area contributed by atoms with Gasteiger partial charge in [0.2, 0.25) is 0 Å². The van der Waals surface area contributed by atoms with Gasteiger partial charge in [-0.1, -0.05) is 84.0 Å². The van der Waals surface area contributed by atoms with Crippen LogP contribution in [0.15, 0.2) is 0 Å². The van der Waals surface area contributed by atoms with Crippen LogP contribution in [0.4, 0.5) is 0 Å². The minimum atomic E-state index is -0.655. The predicted molar refractivity (Wildman–Crippen MR) is 77.9 cm³/mol. The van der Waals surface area contributed by atoms with Crippen molar-refractivity contribution < 1.29 is 9.90 Å². The van der Waals surface area contributed by atoms with Crippen molar-refractivity contribution in [2.45, 2.75) is 96.8 Å². The Morgan fingerprint density at radius 2 is 1.00 bits per heavy atom. The molecule has 0 aromatic rings. The highest BCUT2D eigenvalue weighted by Crippen LogP contribution is 2.12. The summed E-state index contributed by atoms with van der Waals surface area (Å²) >= 11 is 0. The number of carbonyl (C=O) groups is 1. The van der Waals surface area contributed by atoms with Gasteiger partial charge in [-0.05, 0) is 6.42 Å². The maximum absolute atomic E-state index is 10.3. The molecule has 0 spiro atoms. The molecule has 0 unspecified atom stereocenters. The Kier molecular flexibility index (Phi) is 14.1. The van der Waals surface area contributed by atoms with E-state index >= 15 is 0 Å². The summed E-state index contributed by atoms with van der Waals surface area (Å²) in [4.78, 5) is 10.3. The van der Waals surface area contributed by atoms with Crippen LogP contribution >= 0.6 is 0 Å². The maximum atomic E-state index is 10.3. The van der Waals surface area contributed by atoms with E-state index in [4.69, 9.17) is 5.11 Å². The van der Waals surface area contributed by atoms with Gasteiger partial charge in [-0.15, -0.1) is 0 Å². The fourth-order valence-corrected chi connectivity index (χ4v) is 2.29. The zero-order valence-electron chi connectivity index (χ0n) is 12.3. The van der Waals surface area contributed by atoms with Crippen LogP contribution in [0.25, 0.3) is 0 Å². The van der Waals surface area contributed by atoms with Crippen molar-refractivity contribution in [2.75, 3.05) is 0 Å². The molecule has 0 heterocycles. The highest BCUT2D eigenvalue weighted by molar-refractivity contribution is 5.66. The fourth-order valence-electron chi connectivity index (χ4n) is 2.29. The molecule has 2 heteroatoms. The van der Waals surface area contributed by atoms with Crippen LogP contribution in [0.5, 0.6) is 0 Å². The zero-order chi connectivity index (χ0) is 13.5. The molecule has 0 aromatic carbocycles. The van der Waals surface area contributed by atoms with Gasteiger partial charge in [0.1, 0.15) is 0 Å². The van der Waals surface area contributed by atoms with Gasteiger partial charge in [0.25, 0.3) is 0 Å². The predicted octanol–water partition coefficient (Wildman–Crippen LogP) is 5.55. The molecule has 0 aromatic heterocycles. The monoisotopic (exact) mass is 257 g/mol. The number of hydrogen-bond acceptors (Lipinski definition) is 1. The molecule has 0 aliphatic carbocycles. The third-order valence-electron chi connectivity index (χ3n) is 3.49. The molecular formula is C16H32O2. The molecule has 0 bridgehead atoms. The lowest BCUT2D eigenvalue weighted by Crippen LogP contribution is -1.93. The summed E-state index contributed by atoms with van der Waals surface area (Å²) in [5, 5.41) is 8.49. The van der Waals surface area contributed by atoms with Crippen molar-refractivity contribution in [1.29, 1.82) is 0 Å². The van der Waals surface area contributed by atoms with Crippen LogP contribution in [0, 0.1) is 0 Å². The summed E-state index contributed by atoms with van der Waals surface area (Å²) in [5.41, 5.74) is 0. The Labute approximate surface area is 113 Å². The molecular weight excluding hydrogens is 225 g/mol. The van der Waals surface area contributed by atoms with Gasteiger partial charge in [0.15, 0.2) is 0 Å². The summed E-state index contributed by atoms with van der Waals surface area (Å²) in [6, 6.07) is 0. The van der Waals surface area contributed by atoms with Crippen LogP contribution < -0.4 is 0 Å². The van der Waals surface area contributed by atoms with E-state index in [1.165, 1.54) is 70.6 Å². The first-order chi connectivity index (χ1) is 8.77. The van der Waals surface area contributed by atoms with Crippen LogP contribution in [0.2, 0.25) is 0 Å². The molecule has 0 atom stereocenters. The molecule has 108 valence electrons. The molecule has 1 N–H and O–H groups in total.